The molecule has 1 aromatic heterocycles. The van der Waals surface area contributed by atoms with Gasteiger partial charge in [-0.3, -0.25) is 4.79 Å². The second-order valence-electron chi connectivity index (χ2n) is 4.26. The van der Waals surface area contributed by atoms with E-state index in [0.717, 1.165) is 0 Å². The van der Waals surface area contributed by atoms with Crippen LogP contribution in [0.25, 0.3) is 0 Å². The molecule has 0 amide bonds. The summed E-state index contributed by atoms with van der Waals surface area (Å²) in [7, 11) is 1.34. The van der Waals surface area contributed by atoms with Crippen LogP contribution in [0, 0.1) is 6.92 Å². The lowest BCUT2D eigenvalue weighted by Crippen LogP contribution is -2.16. The summed E-state index contributed by atoms with van der Waals surface area (Å²) in [6, 6.07) is 1.67. The molecule has 1 N–H and O–H groups in total. The third kappa shape index (κ3) is 5.05. The number of hydrogen-bond acceptors (Lipinski definition) is 6. The fraction of sp³-hybridized carbons (Fsp3) is 0.571. The van der Waals surface area contributed by atoms with Crippen LogP contribution in [0.5, 0.6) is 0 Å². The van der Waals surface area contributed by atoms with Gasteiger partial charge in [-0.05, 0) is 32.9 Å². The van der Waals surface area contributed by atoms with E-state index in [1.54, 1.807) is 19.9 Å². The van der Waals surface area contributed by atoms with Crippen molar-refractivity contribution < 1.29 is 23.5 Å². The van der Waals surface area contributed by atoms with Gasteiger partial charge >= 0.3 is 11.9 Å². The molecular formula is C14H21NO5. The molecule has 1 heterocycles. The Bertz CT molecular complexity index is 452. The second-order valence-corrected chi connectivity index (χ2v) is 4.26. The van der Waals surface area contributed by atoms with Crippen LogP contribution in [0.1, 0.15) is 41.6 Å². The zero-order chi connectivity index (χ0) is 15.0. The van der Waals surface area contributed by atoms with Gasteiger partial charge in [-0.15, -0.1) is 0 Å². The Balaban J connectivity index is 2.29. The van der Waals surface area contributed by atoms with E-state index in [2.05, 4.69) is 10.1 Å². The summed E-state index contributed by atoms with van der Waals surface area (Å²) in [6.45, 7) is 5.09. The summed E-state index contributed by atoms with van der Waals surface area (Å²) in [5, 5.41) is 3.14. The Labute approximate surface area is 118 Å². The summed E-state index contributed by atoms with van der Waals surface area (Å²) in [5.41, 5.74) is 0.441. The SMILES string of the molecule is CCOC(=O)CCCNCc1cc(C(=O)OC)c(C)o1. The van der Waals surface area contributed by atoms with Gasteiger partial charge in [0, 0.05) is 6.42 Å². The van der Waals surface area contributed by atoms with E-state index in [4.69, 9.17) is 9.15 Å². The standard InChI is InChI=1S/C14H21NO5/c1-4-19-13(16)6-5-7-15-9-11-8-12(10(2)20-11)14(17)18-3/h8,15H,4-7,9H2,1-3H3. The van der Waals surface area contributed by atoms with Crippen molar-refractivity contribution in [1.29, 1.82) is 0 Å². The molecule has 1 aromatic rings. The molecule has 0 aliphatic carbocycles. The largest absolute Gasteiger partial charge is 0.466 e. The van der Waals surface area contributed by atoms with Crippen molar-refractivity contribution in [3.63, 3.8) is 0 Å². The number of aryl methyl sites for hydroxylation is 1. The van der Waals surface area contributed by atoms with Crippen molar-refractivity contribution in [2.24, 2.45) is 0 Å². The van der Waals surface area contributed by atoms with Crippen molar-refractivity contribution >= 4 is 11.9 Å². The van der Waals surface area contributed by atoms with E-state index in [-0.39, 0.29) is 5.97 Å². The topological polar surface area (TPSA) is 77.8 Å². The average Bonchev–Trinajstić information content (AvgIpc) is 2.79. The summed E-state index contributed by atoms with van der Waals surface area (Å²) in [5.74, 6) is 0.620. The Morgan fingerprint density at radius 2 is 2.15 bits per heavy atom. The van der Waals surface area contributed by atoms with E-state index >= 15 is 0 Å². The molecule has 1 rings (SSSR count). The third-order valence-corrected chi connectivity index (χ3v) is 2.71. The predicted octanol–water partition coefficient (Wildman–Crippen LogP) is 1.81. The van der Waals surface area contributed by atoms with Crippen LogP contribution in [0.15, 0.2) is 10.5 Å². The molecule has 0 spiro atoms. The lowest BCUT2D eigenvalue weighted by atomic mass is 10.2. The number of esters is 2. The molecule has 0 fully saturated rings. The highest BCUT2D eigenvalue weighted by atomic mass is 16.5. The molecular weight excluding hydrogens is 262 g/mol. The number of nitrogens with one attached hydrogen (secondary N) is 1. The average molecular weight is 283 g/mol. The number of carbonyl (C=O) groups excluding carboxylic acids is 2. The van der Waals surface area contributed by atoms with Crippen molar-refractivity contribution in [2.75, 3.05) is 20.3 Å². The van der Waals surface area contributed by atoms with E-state index in [1.165, 1.54) is 7.11 Å². The van der Waals surface area contributed by atoms with Crippen LogP contribution in [0.2, 0.25) is 0 Å². The number of methoxy groups -OCH3 is 1. The lowest BCUT2D eigenvalue weighted by Gasteiger charge is -2.03. The maximum Gasteiger partial charge on any atom is 0.341 e. The molecule has 0 aliphatic heterocycles. The molecule has 6 nitrogen and oxygen atoms in total. The van der Waals surface area contributed by atoms with Crippen molar-refractivity contribution in [3.8, 4) is 0 Å². The summed E-state index contributed by atoms with van der Waals surface area (Å²) in [6.07, 6.45) is 1.09. The van der Waals surface area contributed by atoms with Gasteiger partial charge in [-0.2, -0.15) is 0 Å². The number of hydrogen-bond donors (Lipinski definition) is 1. The van der Waals surface area contributed by atoms with Gasteiger partial charge in [-0.25, -0.2) is 4.79 Å². The molecule has 20 heavy (non-hydrogen) atoms. The first kappa shape index (κ1) is 16.2. The van der Waals surface area contributed by atoms with Gasteiger partial charge in [0.2, 0.25) is 0 Å². The minimum absolute atomic E-state index is 0.184. The molecule has 0 saturated carbocycles. The van der Waals surface area contributed by atoms with Gasteiger partial charge in [0.05, 0.1) is 20.3 Å². The minimum atomic E-state index is -0.403. The molecule has 112 valence electrons. The van der Waals surface area contributed by atoms with Gasteiger partial charge in [0.1, 0.15) is 17.1 Å². The Morgan fingerprint density at radius 3 is 2.80 bits per heavy atom. The molecule has 0 aliphatic rings. The molecule has 0 bridgehead atoms. The first-order valence-corrected chi connectivity index (χ1v) is 6.62. The van der Waals surface area contributed by atoms with Crippen LogP contribution >= 0.6 is 0 Å². The Hall–Kier alpha value is -1.82. The smallest absolute Gasteiger partial charge is 0.341 e. The van der Waals surface area contributed by atoms with Gasteiger partial charge in [-0.1, -0.05) is 0 Å². The first-order chi connectivity index (χ1) is 9.58. The predicted molar refractivity (Wildman–Crippen MR) is 72.4 cm³/mol. The normalized spacial score (nSPS) is 10.3. The maximum atomic E-state index is 11.4. The number of ether oxygens (including phenoxy) is 2. The number of furan rings is 1. The Kier molecular flexibility index (Phi) is 6.79. The zero-order valence-electron chi connectivity index (χ0n) is 12.2. The molecule has 0 radical (unpaired) electrons. The molecule has 0 atom stereocenters. The Morgan fingerprint density at radius 1 is 1.40 bits per heavy atom. The monoisotopic (exact) mass is 283 g/mol. The van der Waals surface area contributed by atoms with Gasteiger partial charge < -0.3 is 19.2 Å². The fourth-order valence-electron chi connectivity index (χ4n) is 1.75. The highest BCUT2D eigenvalue weighted by Crippen LogP contribution is 2.15. The highest BCUT2D eigenvalue weighted by molar-refractivity contribution is 5.90. The van der Waals surface area contributed by atoms with Crippen molar-refractivity contribution in [2.45, 2.75) is 33.2 Å². The summed E-state index contributed by atoms with van der Waals surface area (Å²) in [4.78, 5) is 22.5. The number of rotatable bonds is 8. The molecule has 0 aromatic carbocycles. The highest BCUT2D eigenvalue weighted by Gasteiger charge is 2.14. The molecule has 0 unspecified atom stereocenters. The minimum Gasteiger partial charge on any atom is -0.466 e. The van der Waals surface area contributed by atoms with Crippen molar-refractivity contribution in [3.05, 3.63) is 23.2 Å². The van der Waals surface area contributed by atoms with Crippen LogP contribution in [-0.4, -0.2) is 32.2 Å². The molecule has 6 heteroatoms. The maximum absolute atomic E-state index is 11.4. The van der Waals surface area contributed by atoms with E-state index in [1.807, 2.05) is 0 Å². The third-order valence-electron chi connectivity index (χ3n) is 2.71. The van der Waals surface area contributed by atoms with Gasteiger partial charge in [0.25, 0.3) is 0 Å². The molecule has 0 saturated heterocycles. The summed E-state index contributed by atoms with van der Waals surface area (Å²) < 4.78 is 14.9. The van der Waals surface area contributed by atoms with Crippen LogP contribution < -0.4 is 5.32 Å². The fourth-order valence-corrected chi connectivity index (χ4v) is 1.75. The van der Waals surface area contributed by atoms with Gasteiger partial charge in [0.15, 0.2) is 0 Å². The quantitative estimate of drug-likeness (QED) is 0.579. The first-order valence-electron chi connectivity index (χ1n) is 6.62. The van der Waals surface area contributed by atoms with E-state index in [0.29, 0.717) is 49.6 Å². The van der Waals surface area contributed by atoms with E-state index in [9.17, 15) is 9.59 Å². The van der Waals surface area contributed by atoms with E-state index < -0.39 is 5.97 Å². The van der Waals surface area contributed by atoms with Crippen molar-refractivity contribution in [1.82, 2.24) is 5.32 Å². The lowest BCUT2D eigenvalue weighted by molar-refractivity contribution is -0.143. The number of carbonyl (C=O) groups is 2. The van der Waals surface area contributed by atoms with Crippen LogP contribution in [0.4, 0.5) is 0 Å². The second kappa shape index (κ2) is 8.37. The zero-order valence-corrected chi connectivity index (χ0v) is 12.2. The van der Waals surface area contributed by atoms with Crippen LogP contribution in [-0.2, 0) is 20.8 Å². The summed E-state index contributed by atoms with van der Waals surface area (Å²) >= 11 is 0. The van der Waals surface area contributed by atoms with Crippen LogP contribution in [0.3, 0.4) is 0 Å².